The average Bonchev–Trinajstić information content (AvgIpc) is 3.12. The zero-order valence-corrected chi connectivity index (χ0v) is 15.9. The normalized spacial score (nSPS) is 26.7. The van der Waals surface area contributed by atoms with E-state index < -0.39 is 41.3 Å². The van der Waals surface area contributed by atoms with Crippen molar-refractivity contribution < 1.29 is 34.2 Å². The van der Waals surface area contributed by atoms with Crippen LogP contribution in [0.5, 0.6) is 0 Å². The van der Waals surface area contributed by atoms with Crippen molar-refractivity contribution in [1.82, 2.24) is 15.2 Å². The summed E-state index contributed by atoms with van der Waals surface area (Å²) in [5.74, 6) is -2.56. The van der Waals surface area contributed by atoms with E-state index in [4.69, 9.17) is 0 Å². The van der Waals surface area contributed by atoms with Crippen LogP contribution in [0.15, 0.2) is 10.5 Å². The molecule has 1 aromatic rings. The standard InChI is InChI=1S/C14H15N5O7S2/c1-26-18-7(5-2-28-14(16-5)15-4-20)10(22)17-8-11(23)19-9(13(24)25)6(21)3-27-12(8)19/h2,4,6,8-9,12,21H,3H2,1H3,(H,17,22)(H,24,25)(H,15,16,20)/t6?,8?,9?,12-/m0/s1. The van der Waals surface area contributed by atoms with Gasteiger partial charge in [0, 0.05) is 11.1 Å². The molecule has 0 bridgehead atoms. The smallest absolute Gasteiger partial charge is 0.329 e. The molecule has 0 aromatic carbocycles. The van der Waals surface area contributed by atoms with Crippen LogP contribution in [0.1, 0.15) is 5.69 Å². The third kappa shape index (κ3) is 3.53. The van der Waals surface area contributed by atoms with Crippen LogP contribution >= 0.6 is 23.1 Å². The summed E-state index contributed by atoms with van der Waals surface area (Å²) in [7, 11) is 1.23. The lowest BCUT2D eigenvalue weighted by molar-refractivity contribution is -0.167. The monoisotopic (exact) mass is 429 g/mol. The maximum Gasteiger partial charge on any atom is 0.329 e. The Hall–Kier alpha value is -2.71. The van der Waals surface area contributed by atoms with Crippen molar-refractivity contribution in [3.8, 4) is 0 Å². The fourth-order valence-electron chi connectivity index (χ4n) is 2.85. The maximum atomic E-state index is 12.6. The molecule has 0 aliphatic carbocycles. The number of hydrogen-bond acceptors (Lipinski definition) is 10. The zero-order chi connectivity index (χ0) is 20.4. The lowest BCUT2D eigenvalue weighted by Gasteiger charge is -2.53. The van der Waals surface area contributed by atoms with Crippen molar-refractivity contribution in [3.05, 3.63) is 11.1 Å². The first-order valence-corrected chi connectivity index (χ1v) is 9.74. The minimum absolute atomic E-state index is 0.115. The fourth-order valence-corrected chi connectivity index (χ4v) is 4.86. The molecule has 3 rings (SSSR count). The van der Waals surface area contributed by atoms with Gasteiger partial charge in [0.1, 0.15) is 24.2 Å². The number of thioether (sulfide) groups is 1. The van der Waals surface area contributed by atoms with Crippen LogP contribution in [0.4, 0.5) is 5.13 Å². The van der Waals surface area contributed by atoms with Crippen LogP contribution in [0.2, 0.25) is 0 Å². The summed E-state index contributed by atoms with van der Waals surface area (Å²) in [6.45, 7) is 0. The van der Waals surface area contributed by atoms with Crippen LogP contribution in [0.3, 0.4) is 0 Å². The van der Waals surface area contributed by atoms with Crippen LogP contribution in [-0.4, -0.2) is 86.4 Å². The van der Waals surface area contributed by atoms with Crippen molar-refractivity contribution in [3.63, 3.8) is 0 Å². The van der Waals surface area contributed by atoms with E-state index in [0.717, 1.165) is 16.2 Å². The molecule has 2 aliphatic rings. The highest BCUT2D eigenvalue weighted by atomic mass is 32.2. The Bertz CT molecular complexity index is 844. The molecule has 3 heterocycles. The van der Waals surface area contributed by atoms with Gasteiger partial charge in [-0.05, 0) is 0 Å². The van der Waals surface area contributed by atoms with Crippen LogP contribution in [0, 0.1) is 0 Å². The molecular formula is C14H15N5O7S2. The molecule has 4 N–H and O–H groups in total. The summed E-state index contributed by atoms with van der Waals surface area (Å²) in [5.41, 5.74) is -0.0768. The summed E-state index contributed by atoms with van der Waals surface area (Å²) in [5, 5.41) is 28.7. The minimum atomic E-state index is -1.35. The first-order valence-electron chi connectivity index (χ1n) is 7.81. The first kappa shape index (κ1) is 20.0. The Morgan fingerprint density at radius 3 is 2.89 bits per heavy atom. The number of carboxylic acid groups (broad SMARTS) is 1. The molecule has 2 aliphatic heterocycles. The van der Waals surface area contributed by atoms with Gasteiger partial charge in [0.25, 0.3) is 5.91 Å². The van der Waals surface area contributed by atoms with Gasteiger partial charge >= 0.3 is 5.97 Å². The summed E-state index contributed by atoms with van der Waals surface area (Å²) >= 11 is 2.24. The highest BCUT2D eigenvalue weighted by Crippen LogP contribution is 2.38. The molecule has 2 saturated heterocycles. The van der Waals surface area contributed by atoms with Crippen LogP contribution in [0.25, 0.3) is 0 Å². The molecule has 0 saturated carbocycles. The van der Waals surface area contributed by atoms with Crippen molar-refractivity contribution in [2.24, 2.45) is 5.16 Å². The second-order valence-corrected chi connectivity index (χ2v) is 7.70. The largest absolute Gasteiger partial charge is 0.480 e. The summed E-state index contributed by atoms with van der Waals surface area (Å²) in [6.07, 6.45) is -0.755. The number of aliphatic carboxylic acids is 1. The molecule has 12 nitrogen and oxygen atoms in total. The number of carboxylic acids is 1. The molecule has 14 heteroatoms. The van der Waals surface area contributed by atoms with Gasteiger partial charge in [0.2, 0.25) is 12.3 Å². The van der Waals surface area contributed by atoms with Gasteiger partial charge in [0.15, 0.2) is 16.9 Å². The van der Waals surface area contributed by atoms with E-state index in [-0.39, 0.29) is 22.3 Å². The molecule has 150 valence electrons. The summed E-state index contributed by atoms with van der Waals surface area (Å²) in [4.78, 5) is 56.6. The number of hydrogen-bond donors (Lipinski definition) is 4. The van der Waals surface area contributed by atoms with Gasteiger partial charge in [-0.1, -0.05) is 5.16 Å². The van der Waals surface area contributed by atoms with Crippen molar-refractivity contribution in [1.29, 1.82) is 0 Å². The number of amides is 3. The van der Waals surface area contributed by atoms with E-state index in [2.05, 4.69) is 25.6 Å². The number of aliphatic hydroxyl groups is 1. The van der Waals surface area contributed by atoms with Gasteiger partial charge in [-0.3, -0.25) is 14.4 Å². The number of rotatable bonds is 7. The van der Waals surface area contributed by atoms with Crippen molar-refractivity contribution in [2.75, 3.05) is 18.2 Å². The van der Waals surface area contributed by atoms with Crippen molar-refractivity contribution >= 4 is 58.1 Å². The quantitative estimate of drug-likeness (QED) is 0.170. The molecule has 2 fully saturated rings. The Morgan fingerprint density at radius 2 is 2.25 bits per heavy atom. The van der Waals surface area contributed by atoms with E-state index in [1.165, 1.54) is 24.3 Å². The fraction of sp³-hybridized carbons (Fsp3) is 0.429. The molecule has 3 unspecified atom stereocenters. The van der Waals surface area contributed by atoms with Gasteiger partial charge in [0.05, 0.1) is 6.10 Å². The number of nitrogens with zero attached hydrogens (tertiary/aromatic N) is 3. The summed E-state index contributed by atoms with van der Waals surface area (Å²) in [6, 6.07) is -2.32. The van der Waals surface area contributed by atoms with E-state index in [0.29, 0.717) is 6.41 Å². The summed E-state index contributed by atoms with van der Waals surface area (Å²) < 4.78 is 0. The second-order valence-electron chi connectivity index (χ2n) is 5.69. The minimum Gasteiger partial charge on any atom is -0.480 e. The van der Waals surface area contributed by atoms with Gasteiger partial charge in [-0.15, -0.1) is 23.1 Å². The predicted molar refractivity (Wildman–Crippen MR) is 97.8 cm³/mol. The van der Waals surface area contributed by atoms with E-state index in [1.54, 1.807) is 0 Å². The third-order valence-electron chi connectivity index (χ3n) is 4.05. The molecular weight excluding hydrogens is 414 g/mol. The second kappa shape index (κ2) is 8.12. The number of anilines is 1. The SMILES string of the molecule is CON=C(C(=O)NC1C(=O)N2C(C(=O)O)C(O)CS[C@@H]12)c1csc(NC=O)n1. The highest BCUT2D eigenvalue weighted by molar-refractivity contribution is 8.00. The molecule has 0 spiro atoms. The van der Waals surface area contributed by atoms with E-state index >= 15 is 0 Å². The highest BCUT2D eigenvalue weighted by Gasteiger charge is 2.57. The number of aliphatic hydroxyl groups excluding tert-OH is 1. The molecule has 4 atom stereocenters. The molecule has 1 aromatic heterocycles. The van der Waals surface area contributed by atoms with Crippen LogP contribution < -0.4 is 10.6 Å². The van der Waals surface area contributed by atoms with Gasteiger partial charge in [-0.2, -0.15) is 0 Å². The molecule has 3 amide bonds. The number of carbonyl (C=O) groups excluding carboxylic acids is 3. The predicted octanol–water partition coefficient (Wildman–Crippen LogP) is -1.72. The molecule has 28 heavy (non-hydrogen) atoms. The number of aromatic nitrogens is 1. The number of fused-ring (bicyclic) bond motifs is 1. The number of nitrogens with one attached hydrogen (secondary N) is 2. The number of oxime groups is 1. The number of carbonyl (C=O) groups is 4. The topological polar surface area (TPSA) is 171 Å². The molecule has 0 radical (unpaired) electrons. The van der Waals surface area contributed by atoms with Crippen molar-refractivity contribution in [2.45, 2.75) is 23.6 Å². The number of thiazole rings is 1. The Balaban J connectivity index is 1.74. The van der Waals surface area contributed by atoms with Crippen LogP contribution in [-0.2, 0) is 24.0 Å². The van der Waals surface area contributed by atoms with Gasteiger partial charge < -0.3 is 30.6 Å². The lowest BCUT2D eigenvalue weighted by atomic mass is 9.99. The third-order valence-corrected chi connectivity index (χ3v) is 6.20. The number of β-lactam (4-membered cyclic amide) rings is 1. The Kier molecular flexibility index (Phi) is 5.81. The average molecular weight is 429 g/mol. The first-order chi connectivity index (χ1) is 13.4. The lowest BCUT2D eigenvalue weighted by Crippen LogP contribution is -2.77. The van der Waals surface area contributed by atoms with E-state index in [1.807, 2.05) is 0 Å². The Labute approximate surface area is 165 Å². The zero-order valence-electron chi connectivity index (χ0n) is 14.3. The Morgan fingerprint density at radius 1 is 1.50 bits per heavy atom. The van der Waals surface area contributed by atoms with E-state index in [9.17, 15) is 29.4 Å². The maximum absolute atomic E-state index is 12.6. The van der Waals surface area contributed by atoms with Gasteiger partial charge in [-0.25, -0.2) is 9.78 Å².